The van der Waals surface area contributed by atoms with Crippen LogP contribution in [0.2, 0.25) is 0 Å². The van der Waals surface area contributed by atoms with Crippen molar-refractivity contribution in [3.63, 3.8) is 0 Å². The molecule has 2 fully saturated rings. The Kier molecular flexibility index (Phi) is 12.7. The predicted octanol–water partition coefficient (Wildman–Crippen LogP) is 4.50. The molecule has 0 spiro atoms. The van der Waals surface area contributed by atoms with E-state index in [0.29, 0.717) is 0 Å². The standard InChI is InChI=1S/C24H46O5/c1-2-3-4-5-6-7-8-9-10-11-13-19(26)22-16-17-24(29-22)23-15-12-14-21(28-23)20(27)18-25/h19-27H,2-18H2,1H3/t19-,20-,21+,22-,23-,24-/m1/s1. The maximum atomic E-state index is 10.5. The summed E-state index contributed by atoms with van der Waals surface area (Å²) in [5, 5.41) is 29.5. The fraction of sp³-hybridized carbons (Fsp3) is 1.00. The first-order valence-corrected chi connectivity index (χ1v) is 12.4. The zero-order valence-electron chi connectivity index (χ0n) is 18.6. The Labute approximate surface area is 178 Å². The summed E-state index contributed by atoms with van der Waals surface area (Å²) in [5.74, 6) is 0. The molecule has 5 nitrogen and oxygen atoms in total. The largest absolute Gasteiger partial charge is 0.394 e. The second-order valence-electron chi connectivity index (χ2n) is 9.22. The third-order valence-electron chi connectivity index (χ3n) is 6.73. The molecule has 0 aliphatic carbocycles. The molecule has 0 bridgehead atoms. The topological polar surface area (TPSA) is 79.2 Å². The van der Waals surface area contributed by atoms with Gasteiger partial charge in [-0.2, -0.15) is 0 Å². The average molecular weight is 415 g/mol. The van der Waals surface area contributed by atoms with Gasteiger partial charge in [-0.25, -0.2) is 0 Å². The van der Waals surface area contributed by atoms with E-state index in [0.717, 1.165) is 44.9 Å². The molecule has 0 aromatic rings. The maximum absolute atomic E-state index is 10.5. The first-order valence-electron chi connectivity index (χ1n) is 12.4. The van der Waals surface area contributed by atoms with Gasteiger partial charge in [-0.3, -0.25) is 0 Å². The molecule has 3 N–H and O–H groups in total. The molecular formula is C24H46O5. The van der Waals surface area contributed by atoms with Crippen molar-refractivity contribution >= 4 is 0 Å². The highest BCUT2D eigenvalue weighted by atomic mass is 16.6. The van der Waals surface area contributed by atoms with E-state index in [-0.39, 0.29) is 37.1 Å². The summed E-state index contributed by atoms with van der Waals surface area (Å²) < 4.78 is 12.1. The van der Waals surface area contributed by atoms with Gasteiger partial charge in [-0.15, -0.1) is 0 Å². The van der Waals surface area contributed by atoms with E-state index in [4.69, 9.17) is 14.6 Å². The minimum absolute atomic E-state index is 0.0102. The molecule has 0 aromatic carbocycles. The summed E-state index contributed by atoms with van der Waals surface area (Å²) in [4.78, 5) is 0. The van der Waals surface area contributed by atoms with E-state index in [1.54, 1.807) is 0 Å². The fourth-order valence-corrected chi connectivity index (χ4v) is 4.83. The molecule has 2 aliphatic rings. The van der Waals surface area contributed by atoms with Crippen molar-refractivity contribution in [2.75, 3.05) is 6.61 Å². The lowest BCUT2D eigenvalue weighted by molar-refractivity contribution is -0.163. The van der Waals surface area contributed by atoms with Crippen molar-refractivity contribution in [3.8, 4) is 0 Å². The van der Waals surface area contributed by atoms with Crippen molar-refractivity contribution in [1.29, 1.82) is 0 Å². The zero-order valence-corrected chi connectivity index (χ0v) is 18.6. The highest BCUT2D eigenvalue weighted by Crippen LogP contribution is 2.33. The highest BCUT2D eigenvalue weighted by molar-refractivity contribution is 4.87. The van der Waals surface area contributed by atoms with Crippen LogP contribution in [0, 0.1) is 0 Å². The van der Waals surface area contributed by atoms with Gasteiger partial charge in [0.1, 0.15) is 6.10 Å². The van der Waals surface area contributed by atoms with Crippen molar-refractivity contribution < 1.29 is 24.8 Å². The molecule has 0 amide bonds. The van der Waals surface area contributed by atoms with E-state index in [9.17, 15) is 10.2 Å². The summed E-state index contributed by atoms with van der Waals surface area (Å²) in [7, 11) is 0. The van der Waals surface area contributed by atoms with Gasteiger partial charge in [0.2, 0.25) is 0 Å². The minimum atomic E-state index is -0.808. The number of rotatable bonds is 15. The average Bonchev–Trinajstić information content (AvgIpc) is 3.25. The van der Waals surface area contributed by atoms with Gasteiger partial charge in [0, 0.05) is 0 Å². The monoisotopic (exact) mass is 414 g/mol. The van der Waals surface area contributed by atoms with Crippen LogP contribution in [0.5, 0.6) is 0 Å². The molecule has 5 heteroatoms. The van der Waals surface area contributed by atoms with Gasteiger partial charge < -0.3 is 24.8 Å². The molecule has 0 radical (unpaired) electrons. The van der Waals surface area contributed by atoms with Crippen LogP contribution in [0.4, 0.5) is 0 Å². The number of unbranched alkanes of at least 4 members (excludes halogenated alkanes) is 9. The van der Waals surface area contributed by atoms with Crippen molar-refractivity contribution in [3.05, 3.63) is 0 Å². The Balaban J connectivity index is 1.53. The van der Waals surface area contributed by atoms with Crippen LogP contribution in [0.1, 0.15) is 110 Å². The molecule has 172 valence electrons. The van der Waals surface area contributed by atoms with Gasteiger partial charge >= 0.3 is 0 Å². The number of hydrogen-bond acceptors (Lipinski definition) is 5. The zero-order chi connectivity index (χ0) is 20.9. The van der Waals surface area contributed by atoms with Gasteiger partial charge in [0.05, 0.1) is 37.1 Å². The summed E-state index contributed by atoms with van der Waals surface area (Å²) in [6.45, 7) is 2.00. The van der Waals surface area contributed by atoms with Gasteiger partial charge in [-0.1, -0.05) is 71.1 Å². The predicted molar refractivity (Wildman–Crippen MR) is 116 cm³/mol. The second-order valence-corrected chi connectivity index (χ2v) is 9.22. The summed E-state index contributed by atoms with van der Waals surface area (Å²) in [6, 6.07) is 0. The highest BCUT2D eigenvalue weighted by Gasteiger charge is 2.38. The lowest BCUT2D eigenvalue weighted by atomic mass is 9.96. The lowest BCUT2D eigenvalue weighted by Crippen LogP contribution is -2.43. The van der Waals surface area contributed by atoms with Gasteiger partial charge in [-0.05, 0) is 38.5 Å². The second kappa shape index (κ2) is 14.7. The van der Waals surface area contributed by atoms with Crippen LogP contribution in [0.25, 0.3) is 0 Å². The Morgan fingerprint density at radius 1 is 0.690 bits per heavy atom. The Bertz CT molecular complexity index is 405. The molecular weight excluding hydrogens is 368 g/mol. The third kappa shape index (κ3) is 9.22. The van der Waals surface area contributed by atoms with E-state index >= 15 is 0 Å². The van der Waals surface area contributed by atoms with Crippen molar-refractivity contribution in [1.82, 2.24) is 0 Å². The normalized spacial score (nSPS) is 29.8. The van der Waals surface area contributed by atoms with E-state index < -0.39 is 6.10 Å². The van der Waals surface area contributed by atoms with Crippen molar-refractivity contribution in [2.24, 2.45) is 0 Å². The number of aliphatic hydroxyl groups is 3. The van der Waals surface area contributed by atoms with E-state index in [2.05, 4.69) is 6.92 Å². The van der Waals surface area contributed by atoms with Crippen LogP contribution in [0.15, 0.2) is 0 Å². The SMILES string of the molecule is CCCCCCCCCCCC[C@@H](O)[C@H]1CC[C@H]([C@H]2CCC[C@@H]([C@H](O)CO)O2)O1. The quantitative estimate of drug-likeness (QED) is 0.344. The molecule has 2 rings (SSSR count). The molecule has 2 aliphatic heterocycles. The third-order valence-corrected chi connectivity index (χ3v) is 6.73. The summed E-state index contributed by atoms with van der Waals surface area (Å²) >= 11 is 0. The van der Waals surface area contributed by atoms with Crippen LogP contribution >= 0.6 is 0 Å². The number of ether oxygens (including phenoxy) is 2. The summed E-state index contributed by atoms with van der Waals surface area (Å²) in [5.41, 5.74) is 0. The summed E-state index contributed by atoms with van der Waals surface area (Å²) in [6.07, 6.45) is 16.8. The van der Waals surface area contributed by atoms with Gasteiger partial charge in [0.15, 0.2) is 0 Å². The molecule has 6 atom stereocenters. The molecule has 0 aromatic heterocycles. The van der Waals surface area contributed by atoms with Crippen LogP contribution in [-0.2, 0) is 9.47 Å². The number of hydrogen-bond donors (Lipinski definition) is 3. The fourth-order valence-electron chi connectivity index (χ4n) is 4.83. The van der Waals surface area contributed by atoms with Gasteiger partial charge in [0.25, 0.3) is 0 Å². The maximum Gasteiger partial charge on any atom is 0.103 e. The molecule has 0 saturated carbocycles. The minimum Gasteiger partial charge on any atom is -0.394 e. The molecule has 0 unspecified atom stereocenters. The van der Waals surface area contributed by atoms with Crippen LogP contribution < -0.4 is 0 Å². The Morgan fingerprint density at radius 3 is 1.86 bits per heavy atom. The van der Waals surface area contributed by atoms with Crippen LogP contribution in [0.3, 0.4) is 0 Å². The molecule has 2 saturated heterocycles. The first kappa shape index (κ1) is 25.1. The van der Waals surface area contributed by atoms with Crippen molar-refractivity contribution in [2.45, 2.75) is 146 Å². The molecule has 2 heterocycles. The van der Waals surface area contributed by atoms with E-state index in [1.807, 2.05) is 0 Å². The first-order chi connectivity index (χ1) is 14.2. The molecule has 29 heavy (non-hydrogen) atoms. The Hall–Kier alpha value is -0.200. The number of aliphatic hydroxyl groups excluding tert-OH is 3. The lowest BCUT2D eigenvalue weighted by Gasteiger charge is -2.35. The Morgan fingerprint density at radius 2 is 1.24 bits per heavy atom. The smallest absolute Gasteiger partial charge is 0.103 e. The van der Waals surface area contributed by atoms with E-state index in [1.165, 1.54) is 57.8 Å². The van der Waals surface area contributed by atoms with Crippen LogP contribution in [-0.4, -0.2) is 58.6 Å².